The van der Waals surface area contributed by atoms with Crippen molar-refractivity contribution in [2.75, 3.05) is 13.7 Å². The SMILES string of the molecule is CNC(=O)c1ccc(OCCCCCC(=O)O)cc1. The maximum Gasteiger partial charge on any atom is 0.303 e. The number of rotatable bonds is 8. The Morgan fingerprint density at radius 3 is 2.42 bits per heavy atom. The molecule has 0 fully saturated rings. The van der Waals surface area contributed by atoms with E-state index in [2.05, 4.69) is 5.32 Å². The molecule has 0 heterocycles. The van der Waals surface area contributed by atoms with Gasteiger partial charge in [-0.2, -0.15) is 0 Å². The molecule has 0 aliphatic carbocycles. The molecule has 1 aromatic carbocycles. The summed E-state index contributed by atoms with van der Waals surface area (Å²) in [4.78, 5) is 21.6. The van der Waals surface area contributed by atoms with E-state index in [1.807, 2.05) is 0 Å². The number of unbranched alkanes of at least 4 members (excludes halogenated alkanes) is 2. The van der Waals surface area contributed by atoms with E-state index in [0.717, 1.165) is 12.8 Å². The zero-order valence-electron chi connectivity index (χ0n) is 11.0. The number of carboxylic acid groups (broad SMARTS) is 1. The molecular formula is C14H19NO4. The van der Waals surface area contributed by atoms with Gasteiger partial charge in [-0.3, -0.25) is 9.59 Å². The molecule has 104 valence electrons. The lowest BCUT2D eigenvalue weighted by molar-refractivity contribution is -0.137. The topological polar surface area (TPSA) is 75.6 Å². The van der Waals surface area contributed by atoms with Gasteiger partial charge in [-0.25, -0.2) is 0 Å². The van der Waals surface area contributed by atoms with E-state index in [1.165, 1.54) is 0 Å². The first-order chi connectivity index (χ1) is 9.13. The predicted molar refractivity (Wildman–Crippen MR) is 71.4 cm³/mol. The van der Waals surface area contributed by atoms with Gasteiger partial charge in [-0.05, 0) is 43.5 Å². The Balaban J connectivity index is 2.23. The number of ether oxygens (including phenoxy) is 1. The molecule has 1 aromatic rings. The third-order valence-corrected chi connectivity index (χ3v) is 2.65. The smallest absolute Gasteiger partial charge is 0.303 e. The second kappa shape index (κ2) is 8.13. The lowest BCUT2D eigenvalue weighted by Gasteiger charge is -2.06. The first kappa shape index (κ1) is 15.0. The molecule has 5 heteroatoms. The molecule has 2 N–H and O–H groups in total. The summed E-state index contributed by atoms with van der Waals surface area (Å²) in [5.41, 5.74) is 0.594. The molecule has 0 radical (unpaired) electrons. The van der Waals surface area contributed by atoms with Crippen LogP contribution in [0.4, 0.5) is 0 Å². The summed E-state index contributed by atoms with van der Waals surface area (Å²) >= 11 is 0. The van der Waals surface area contributed by atoms with Crippen LogP contribution in [0.1, 0.15) is 36.0 Å². The van der Waals surface area contributed by atoms with Gasteiger partial charge in [0.25, 0.3) is 5.91 Å². The van der Waals surface area contributed by atoms with Crippen molar-refractivity contribution in [2.45, 2.75) is 25.7 Å². The number of nitrogens with one attached hydrogen (secondary N) is 1. The minimum atomic E-state index is -0.759. The molecule has 0 saturated carbocycles. The van der Waals surface area contributed by atoms with Gasteiger partial charge in [-0.15, -0.1) is 0 Å². The minimum Gasteiger partial charge on any atom is -0.494 e. The normalized spacial score (nSPS) is 9.95. The van der Waals surface area contributed by atoms with Crippen molar-refractivity contribution in [3.8, 4) is 5.75 Å². The van der Waals surface area contributed by atoms with Crippen molar-refractivity contribution in [1.82, 2.24) is 5.32 Å². The molecule has 1 amide bonds. The summed E-state index contributed by atoms with van der Waals surface area (Å²) in [5.74, 6) is -0.170. The van der Waals surface area contributed by atoms with Gasteiger partial charge >= 0.3 is 5.97 Å². The van der Waals surface area contributed by atoms with Crippen LogP contribution in [0.15, 0.2) is 24.3 Å². The lowest BCUT2D eigenvalue weighted by atomic mass is 10.2. The van der Waals surface area contributed by atoms with Crippen LogP contribution in [0.3, 0.4) is 0 Å². The van der Waals surface area contributed by atoms with Crippen molar-refractivity contribution >= 4 is 11.9 Å². The number of carboxylic acids is 1. The molecule has 1 rings (SSSR count). The summed E-state index contributed by atoms with van der Waals surface area (Å²) < 4.78 is 5.50. The van der Waals surface area contributed by atoms with Crippen LogP contribution in [-0.4, -0.2) is 30.6 Å². The number of carbonyl (C=O) groups excluding carboxylic acids is 1. The highest BCUT2D eigenvalue weighted by molar-refractivity contribution is 5.94. The van der Waals surface area contributed by atoms with Crippen molar-refractivity contribution in [3.05, 3.63) is 29.8 Å². The van der Waals surface area contributed by atoms with Crippen molar-refractivity contribution in [1.29, 1.82) is 0 Å². The Bertz CT molecular complexity index is 414. The van der Waals surface area contributed by atoms with Gasteiger partial charge in [0.1, 0.15) is 5.75 Å². The number of carbonyl (C=O) groups is 2. The van der Waals surface area contributed by atoms with E-state index in [1.54, 1.807) is 31.3 Å². The molecule has 19 heavy (non-hydrogen) atoms. The summed E-state index contributed by atoms with van der Waals surface area (Å²) in [6.07, 6.45) is 2.54. The van der Waals surface area contributed by atoms with Crippen molar-refractivity contribution < 1.29 is 19.4 Å². The predicted octanol–water partition coefficient (Wildman–Crippen LogP) is 2.07. The summed E-state index contributed by atoms with van der Waals surface area (Å²) in [5, 5.41) is 11.0. The van der Waals surface area contributed by atoms with Crippen LogP contribution in [-0.2, 0) is 4.79 Å². The lowest BCUT2D eigenvalue weighted by Crippen LogP contribution is -2.17. The van der Waals surface area contributed by atoms with Gasteiger partial charge < -0.3 is 15.2 Å². The number of amides is 1. The molecular weight excluding hydrogens is 246 g/mol. The standard InChI is InChI=1S/C14H19NO4/c1-15-14(18)11-6-8-12(9-7-11)19-10-4-2-3-5-13(16)17/h6-9H,2-5,10H2,1H3,(H,15,18)(H,16,17). The fourth-order valence-corrected chi connectivity index (χ4v) is 1.59. The van der Waals surface area contributed by atoms with E-state index >= 15 is 0 Å². The number of hydrogen-bond donors (Lipinski definition) is 2. The first-order valence-electron chi connectivity index (χ1n) is 6.30. The molecule has 0 spiro atoms. The molecule has 0 atom stereocenters. The average molecular weight is 265 g/mol. The van der Waals surface area contributed by atoms with Crippen LogP contribution in [0.2, 0.25) is 0 Å². The zero-order valence-corrected chi connectivity index (χ0v) is 11.0. The van der Waals surface area contributed by atoms with Gasteiger partial charge in [0.15, 0.2) is 0 Å². The summed E-state index contributed by atoms with van der Waals surface area (Å²) in [6, 6.07) is 6.92. The Hall–Kier alpha value is -2.04. The van der Waals surface area contributed by atoms with Crippen molar-refractivity contribution in [3.63, 3.8) is 0 Å². The Morgan fingerprint density at radius 1 is 1.16 bits per heavy atom. The van der Waals surface area contributed by atoms with E-state index in [-0.39, 0.29) is 12.3 Å². The molecule has 0 aliphatic heterocycles. The van der Waals surface area contributed by atoms with E-state index < -0.39 is 5.97 Å². The Kier molecular flexibility index (Phi) is 6.43. The van der Waals surface area contributed by atoms with E-state index in [0.29, 0.717) is 24.3 Å². The molecule has 0 saturated heterocycles. The molecule has 0 aliphatic rings. The van der Waals surface area contributed by atoms with Crippen LogP contribution < -0.4 is 10.1 Å². The average Bonchev–Trinajstić information content (AvgIpc) is 2.42. The van der Waals surface area contributed by atoms with Gasteiger partial charge in [0.05, 0.1) is 6.61 Å². The highest BCUT2D eigenvalue weighted by Gasteiger charge is 2.02. The van der Waals surface area contributed by atoms with Gasteiger partial charge in [-0.1, -0.05) is 0 Å². The second-order valence-corrected chi connectivity index (χ2v) is 4.16. The minimum absolute atomic E-state index is 0.125. The quantitative estimate of drug-likeness (QED) is 0.705. The maximum absolute atomic E-state index is 11.3. The Morgan fingerprint density at radius 2 is 1.84 bits per heavy atom. The highest BCUT2D eigenvalue weighted by atomic mass is 16.5. The molecule has 0 bridgehead atoms. The third kappa shape index (κ3) is 5.90. The maximum atomic E-state index is 11.3. The summed E-state index contributed by atoms with van der Waals surface area (Å²) in [7, 11) is 1.59. The van der Waals surface area contributed by atoms with Gasteiger partial charge in [0.2, 0.25) is 0 Å². The number of aliphatic carboxylic acids is 1. The molecule has 0 aromatic heterocycles. The highest BCUT2D eigenvalue weighted by Crippen LogP contribution is 2.13. The Labute approximate surface area is 112 Å². The van der Waals surface area contributed by atoms with E-state index in [9.17, 15) is 9.59 Å². The van der Waals surface area contributed by atoms with Crippen molar-refractivity contribution in [2.24, 2.45) is 0 Å². The zero-order chi connectivity index (χ0) is 14.1. The van der Waals surface area contributed by atoms with Crippen LogP contribution >= 0.6 is 0 Å². The second-order valence-electron chi connectivity index (χ2n) is 4.16. The third-order valence-electron chi connectivity index (χ3n) is 2.65. The number of hydrogen-bond acceptors (Lipinski definition) is 3. The van der Waals surface area contributed by atoms with Crippen LogP contribution in [0, 0.1) is 0 Å². The summed E-state index contributed by atoms with van der Waals surface area (Å²) in [6.45, 7) is 0.555. The fraction of sp³-hybridized carbons (Fsp3) is 0.429. The molecule has 5 nitrogen and oxygen atoms in total. The monoisotopic (exact) mass is 265 g/mol. The van der Waals surface area contributed by atoms with E-state index in [4.69, 9.17) is 9.84 Å². The first-order valence-corrected chi connectivity index (χ1v) is 6.30. The van der Waals surface area contributed by atoms with Crippen LogP contribution in [0.25, 0.3) is 0 Å². The van der Waals surface area contributed by atoms with Gasteiger partial charge in [0, 0.05) is 19.0 Å². The molecule has 0 unspecified atom stereocenters. The van der Waals surface area contributed by atoms with Crippen LogP contribution in [0.5, 0.6) is 5.75 Å². The fourth-order valence-electron chi connectivity index (χ4n) is 1.59. The largest absolute Gasteiger partial charge is 0.494 e. The number of benzene rings is 1.